The number of aliphatic hydroxyl groups is 1. The molecule has 0 aromatic rings. The molecular weight excluding hydrogens is 442 g/mol. The van der Waals surface area contributed by atoms with E-state index in [9.17, 15) is 14.4 Å². The van der Waals surface area contributed by atoms with Crippen LogP contribution in [-0.2, 0) is 14.4 Å². The second-order valence-electron chi connectivity index (χ2n) is 9.68. The zero-order chi connectivity index (χ0) is 28.1. The summed E-state index contributed by atoms with van der Waals surface area (Å²) in [5.41, 5.74) is -0.447. The number of hydrogen-bond acceptors (Lipinski definition) is 4. The maximum Gasteiger partial charge on any atom is 0.239 e. The van der Waals surface area contributed by atoms with E-state index in [1.54, 1.807) is 0 Å². The van der Waals surface area contributed by atoms with Gasteiger partial charge in [0.25, 0.3) is 0 Å². The van der Waals surface area contributed by atoms with E-state index < -0.39 is 5.54 Å². The molecule has 0 aromatic heterocycles. The zero-order valence-electron chi connectivity index (χ0n) is 24.9. The Morgan fingerprint density at radius 2 is 1.26 bits per heavy atom. The van der Waals surface area contributed by atoms with E-state index in [4.69, 9.17) is 5.11 Å². The van der Waals surface area contributed by atoms with E-state index in [1.807, 2.05) is 34.6 Å². The Morgan fingerprint density at radius 3 is 1.71 bits per heavy atom. The smallest absolute Gasteiger partial charge is 0.239 e. The highest BCUT2D eigenvalue weighted by atomic mass is 16.3. The van der Waals surface area contributed by atoms with E-state index >= 15 is 0 Å². The molecule has 0 saturated carbocycles. The van der Waals surface area contributed by atoms with Crippen molar-refractivity contribution in [2.75, 3.05) is 19.7 Å². The summed E-state index contributed by atoms with van der Waals surface area (Å²) in [6, 6.07) is 0. The molecule has 0 aliphatic carbocycles. The highest BCUT2D eigenvalue weighted by Gasteiger charge is 2.19. The van der Waals surface area contributed by atoms with E-state index in [0.29, 0.717) is 19.3 Å². The molecule has 0 radical (unpaired) electrons. The van der Waals surface area contributed by atoms with Crippen LogP contribution in [0.25, 0.3) is 0 Å². The number of rotatable bonds is 15. The molecule has 0 bridgehead atoms. The van der Waals surface area contributed by atoms with Gasteiger partial charge < -0.3 is 21.1 Å². The van der Waals surface area contributed by atoms with E-state index in [-0.39, 0.29) is 30.9 Å². The van der Waals surface area contributed by atoms with Crippen LogP contribution in [0.15, 0.2) is 0 Å². The number of nitrogens with one attached hydrogen (secondary N) is 3. The average molecular weight is 504 g/mol. The Labute approximate surface area is 218 Å². The minimum atomic E-state index is -0.447. The van der Waals surface area contributed by atoms with Crippen LogP contribution >= 0.6 is 0 Å². The molecule has 0 saturated heterocycles. The number of carbonyl (C=O) groups excluding carboxylic acids is 3. The van der Waals surface area contributed by atoms with Crippen molar-refractivity contribution in [1.29, 1.82) is 0 Å². The molecule has 35 heavy (non-hydrogen) atoms. The largest absolute Gasteiger partial charge is 0.396 e. The van der Waals surface area contributed by atoms with Crippen molar-refractivity contribution in [1.82, 2.24) is 16.0 Å². The number of aliphatic hydroxyl groups excluding tert-OH is 1. The van der Waals surface area contributed by atoms with Crippen molar-refractivity contribution in [3.8, 4) is 0 Å². The lowest BCUT2D eigenvalue weighted by atomic mass is 10.0. The van der Waals surface area contributed by atoms with Gasteiger partial charge in [-0.3, -0.25) is 14.4 Å². The molecule has 0 spiro atoms. The fourth-order valence-electron chi connectivity index (χ4n) is 2.46. The molecule has 0 heterocycles. The summed E-state index contributed by atoms with van der Waals surface area (Å²) in [4.78, 5) is 33.9. The summed E-state index contributed by atoms with van der Waals surface area (Å²) in [6.45, 7) is 21.3. The van der Waals surface area contributed by atoms with E-state index in [0.717, 1.165) is 57.4 Å². The Balaban J connectivity index is -0.000000250. The van der Waals surface area contributed by atoms with Gasteiger partial charge in [0.1, 0.15) is 0 Å². The Bertz CT molecular complexity index is 478. The molecule has 4 N–H and O–H groups in total. The minimum Gasteiger partial charge on any atom is -0.396 e. The molecule has 0 aliphatic heterocycles. The first kappa shape index (κ1) is 40.5. The first-order valence-electron chi connectivity index (χ1n) is 13.9. The van der Waals surface area contributed by atoms with Gasteiger partial charge in [-0.25, -0.2) is 0 Å². The fraction of sp³-hybridized carbons (Fsp3) is 0.893. The van der Waals surface area contributed by atoms with Gasteiger partial charge in [0.05, 0.1) is 6.54 Å². The Hall–Kier alpha value is -1.63. The molecule has 3 amide bonds. The molecule has 7 heteroatoms. The van der Waals surface area contributed by atoms with Crippen LogP contribution in [0.3, 0.4) is 0 Å². The average Bonchev–Trinajstić information content (AvgIpc) is 2.77. The number of hydrogen-bond donors (Lipinski definition) is 4. The lowest BCUT2D eigenvalue weighted by Crippen LogP contribution is -2.48. The Kier molecular flexibility index (Phi) is 35.2. The molecule has 0 aromatic carbocycles. The predicted molar refractivity (Wildman–Crippen MR) is 150 cm³/mol. The third-order valence-corrected chi connectivity index (χ3v) is 4.25. The van der Waals surface area contributed by atoms with Crippen LogP contribution < -0.4 is 16.0 Å². The molecular formula is C28H61N3O4. The maximum atomic E-state index is 11.6. The van der Waals surface area contributed by atoms with Gasteiger partial charge >= 0.3 is 0 Å². The summed E-state index contributed by atoms with van der Waals surface area (Å²) < 4.78 is 0. The quantitative estimate of drug-likeness (QED) is 0.214. The van der Waals surface area contributed by atoms with Crippen molar-refractivity contribution in [2.45, 2.75) is 139 Å². The van der Waals surface area contributed by atoms with Gasteiger partial charge in [0.15, 0.2) is 0 Å². The van der Waals surface area contributed by atoms with Gasteiger partial charge in [-0.15, -0.1) is 0 Å². The highest BCUT2D eigenvalue weighted by Crippen LogP contribution is 2.06. The van der Waals surface area contributed by atoms with E-state index in [2.05, 4.69) is 50.6 Å². The van der Waals surface area contributed by atoms with Gasteiger partial charge in [-0.1, -0.05) is 81.1 Å². The third-order valence-electron chi connectivity index (χ3n) is 4.25. The van der Waals surface area contributed by atoms with Crippen LogP contribution in [0.5, 0.6) is 0 Å². The van der Waals surface area contributed by atoms with Gasteiger partial charge in [-0.2, -0.15) is 0 Å². The van der Waals surface area contributed by atoms with Gasteiger partial charge in [0, 0.05) is 31.5 Å². The van der Waals surface area contributed by atoms with Crippen LogP contribution in [0.4, 0.5) is 0 Å². The predicted octanol–water partition coefficient (Wildman–Crippen LogP) is 5.74. The first-order chi connectivity index (χ1) is 16.4. The molecule has 7 nitrogen and oxygen atoms in total. The maximum absolute atomic E-state index is 11.6. The lowest BCUT2D eigenvalue weighted by molar-refractivity contribution is -0.127. The lowest BCUT2D eigenvalue weighted by Gasteiger charge is -2.25. The second-order valence-corrected chi connectivity index (χ2v) is 9.68. The molecule has 0 unspecified atom stereocenters. The van der Waals surface area contributed by atoms with Crippen LogP contribution in [-0.4, -0.2) is 48.1 Å². The van der Waals surface area contributed by atoms with E-state index in [1.165, 1.54) is 0 Å². The van der Waals surface area contributed by atoms with Gasteiger partial charge in [0.2, 0.25) is 17.7 Å². The van der Waals surface area contributed by atoms with Crippen molar-refractivity contribution < 1.29 is 19.5 Å². The normalized spacial score (nSPS) is 9.94. The van der Waals surface area contributed by atoms with Crippen molar-refractivity contribution in [2.24, 2.45) is 5.92 Å². The molecule has 0 fully saturated rings. The Morgan fingerprint density at radius 1 is 0.743 bits per heavy atom. The van der Waals surface area contributed by atoms with Crippen LogP contribution in [0, 0.1) is 5.92 Å². The molecule has 0 atom stereocenters. The topological polar surface area (TPSA) is 108 Å². The summed E-state index contributed by atoms with van der Waals surface area (Å²) in [6.07, 6.45) is 9.03. The third kappa shape index (κ3) is 42.9. The van der Waals surface area contributed by atoms with Crippen LogP contribution in [0.1, 0.15) is 133 Å². The highest BCUT2D eigenvalue weighted by molar-refractivity contribution is 5.84. The summed E-state index contributed by atoms with van der Waals surface area (Å²) in [5.74, 6) is 0.725. The summed E-state index contributed by atoms with van der Waals surface area (Å²) in [5, 5.41) is 17.1. The van der Waals surface area contributed by atoms with Gasteiger partial charge in [-0.05, 0) is 45.4 Å². The van der Waals surface area contributed by atoms with Crippen LogP contribution in [0.2, 0.25) is 0 Å². The van der Waals surface area contributed by atoms with Crippen molar-refractivity contribution in [3.63, 3.8) is 0 Å². The second kappa shape index (κ2) is 30.4. The molecule has 0 aliphatic rings. The minimum absolute atomic E-state index is 0.00146. The SMILES string of the molecule is CC.CC(C)C.CCCCCCC(=O)NCC(=O)NC(C)(C)CCO.CCCCNC(=O)CCC. The molecule has 0 rings (SSSR count). The monoisotopic (exact) mass is 503 g/mol. The first-order valence-corrected chi connectivity index (χ1v) is 13.9. The van der Waals surface area contributed by atoms with Crippen molar-refractivity contribution in [3.05, 3.63) is 0 Å². The summed E-state index contributed by atoms with van der Waals surface area (Å²) in [7, 11) is 0. The number of unbranched alkanes of at least 4 members (excludes halogenated alkanes) is 4. The standard InChI is InChI=1S/C14H28N2O3.C8H17NO.C4H10.C2H6/c1-4-5-6-7-8-12(18)15-11-13(19)16-14(2,3)9-10-17;1-3-5-7-9-8(10)6-4-2;1-4(2)3;1-2/h17H,4-11H2,1-3H3,(H,15,18)(H,16,19);3-7H2,1-2H3,(H,9,10);4H,1-3H3;1-2H3. The number of amides is 3. The molecule has 212 valence electrons. The van der Waals surface area contributed by atoms with Crippen molar-refractivity contribution >= 4 is 17.7 Å². The summed E-state index contributed by atoms with van der Waals surface area (Å²) >= 11 is 0. The zero-order valence-corrected chi connectivity index (χ0v) is 24.9. The fourth-order valence-corrected chi connectivity index (χ4v) is 2.46. The number of carbonyl (C=O) groups is 3.